The van der Waals surface area contributed by atoms with E-state index in [9.17, 15) is 0 Å². The summed E-state index contributed by atoms with van der Waals surface area (Å²) in [5, 5.41) is 3.43. The van der Waals surface area contributed by atoms with Gasteiger partial charge in [0.15, 0.2) is 0 Å². The Kier molecular flexibility index (Phi) is 8.83. The Bertz CT molecular complexity index is 142. The Morgan fingerprint density at radius 3 is 2.00 bits per heavy atom. The minimum Gasteiger partial charge on any atom is -0.330 e. The maximum atomic E-state index is 5.47. The number of nitrogens with one attached hydrogen (secondary N) is 1. The summed E-state index contributed by atoms with van der Waals surface area (Å²) >= 11 is 0. The summed E-state index contributed by atoms with van der Waals surface area (Å²) in [4.78, 5) is 0. The fraction of sp³-hybridized carbons (Fsp3) is 1.00. The van der Waals surface area contributed by atoms with Crippen molar-refractivity contribution < 1.29 is 0 Å². The van der Waals surface area contributed by atoms with Gasteiger partial charge in [0.1, 0.15) is 0 Å². The van der Waals surface area contributed by atoms with Gasteiger partial charge in [-0.3, -0.25) is 0 Å². The van der Waals surface area contributed by atoms with Gasteiger partial charge in [0, 0.05) is 0 Å². The summed E-state index contributed by atoms with van der Waals surface area (Å²) in [5.41, 5.74) is 5.47. The van der Waals surface area contributed by atoms with E-state index in [0.29, 0.717) is 0 Å². The zero-order valence-corrected chi connectivity index (χ0v) is 10.8. The minimum atomic E-state index is 0.871. The maximum absolute atomic E-state index is 5.47. The molecule has 0 atom stereocenters. The van der Waals surface area contributed by atoms with Crippen LogP contribution in [0.4, 0.5) is 0 Å². The van der Waals surface area contributed by atoms with Gasteiger partial charge in [-0.15, -0.1) is 0 Å². The van der Waals surface area contributed by atoms with E-state index >= 15 is 0 Å². The number of nitrogens with two attached hydrogens (primary N) is 1. The van der Waals surface area contributed by atoms with Crippen LogP contribution in [0.5, 0.6) is 0 Å². The molecule has 2 nitrogen and oxygen atoms in total. The molecule has 1 fully saturated rings. The summed E-state index contributed by atoms with van der Waals surface area (Å²) in [6, 6.07) is 0. The average Bonchev–Trinajstić information content (AvgIpc) is 2.34. The highest BCUT2D eigenvalue weighted by Gasteiger charge is 2.11. The van der Waals surface area contributed by atoms with Gasteiger partial charge >= 0.3 is 0 Å². The van der Waals surface area contributed by atoms with Crippen LogP contribution in [0.3, 0.4) is 0 Å². The van der Waals surface area contributed by atoms with Crippen LogP contribution in [0.15, 0.2) is 0 Å². The third-order valence-electron chi connectivity index (χ3n) is 3.78. The van der Waals surface area contributed by atoms with Gasteiger partial charge in [-0.1, -0.05) is 44.9 Å². The molecular formula is C14H30N2. The predicted octanol–water partition coefficient (Wildman–Crippen LogP) is 3.07. The van der Waals surface area contributed by atoms with Gasteiger partial charge < -0.3 is 11.1 Å². The Morgan fingerprint density at radius 2 is 1.38 bits per heavy atom. The number of piperidine rings is 1. The van der Waals surface area contributed by atoms with Crippen LogP contribution in [-0.2, 0) is 0 Å². The van der Waals surface area contributed by atoms with Crippen molar-refractivity contribution in [3.8, 4) is 0 Å². The van der Waals surface area contributed by atoms with Crippen LogP contribution < -0.4 is 11.1 Å². The average molecular weight is 226 g/mol. The lowest BCUT2D eigenvalue weighted by Gasteiger charge is -2.22. The van der Waals surface area contributed by atoms with Crippen molar-refractivity contribution in [2.45, 2.75) is 64.2 Å². The molecule has 3 N–H and O–H groups in total. The van der Waals surface area contributed by atoms with E-state index in [1.165, 1.54) is 77.3 Å². The number of hydrogen-bond donors (Lipinski definition) is 2. The molecule has 0 aliphatic carbocycles. The zero-order valence-electron chi connectivity index (χ0n) is 10.8. The van der Waals surface area contributed by atoms with Gasteiger partial charge in [0.05, 0.1) is 0 Å². The van der Waals surface area contributed by atoms with E-state index in [-0.39, 0.29) is 0 Å². The van der Waals surface area contributed by atoms with E-state index in [1.807, 2.05) is 0 Å². The molecule has 2 heteroatoms. The maximum Gasteiger partial charge on any atom is -0.00463 e. The molecule has 0 unspecified atom stereocenters. The molecule has 0 spiro atoms. The molecule has 1 saturated heterocycles. The quantitative estimate of drug-likeness (QED) is 0.593. The molecule has 0 saturated carbocycles. The lowest BCUT2D eigenvalue weighted by Crippen LogP contribution is -2.27. The largest absolute Gasteiger partial charge is 0.330 e. The monoisotopic (exact) mass is 226 g/mol. The number of rotatable bonds is 9. The van der Waals surface area contributed by atoms with E-state index in [4.69, 9.17) is 5.73 Å². The molecule has 0 amide bonds. The van der Waals surface area contributed by atoms with Crippen LogP contribution in [0.25, 0.3) is 0 Å². The van der Waals surface area contributed by atoms with Crippen molar-refractivity contribution in [2.75, 3.05) is 19.6 Å². The van der Waals surface area contributed by atoms with E-state index < -0.39 is 0 Å². The molecule has 1 heterocycles. The molecule has 0 aromatic heterocycles. The summed E-state index contributed by atoms with van der Waals surface area (Å²) < 4.78 is 0. The first kappa shape index (κ1) is 14.0. The molecular weight excluding hydrogens is 196 g/mol. The predicted molar refractivity (Wildman–Crippen MR) is 71.6 cm³/mol. The van der Waals surface area contributed by atoms with Crippen LogP contribution >= 0.6 is 0 Å². The fourth-order valence-corrected chi connectivity index (χ4v) is 2.63. The molecule has 1 rings (SSSR count). The second-order valence-corrected chi connectivity index (χ2v) is 5.25. The second-order valence-electron chi connectivity index (χ2n) is 5.25. The topological polar surface area (TPSA) is 38.0 Å². The Balaban J connectivity index is 1.77. The third-order valence-corrected chi connectivity index (χ3v) is 3.78. The fourth-order valence-electron chi connectivity index (χ4n) is 2.63. The van der Waals surface area contributed by atoms with Crippen molar-refractivity contribution in [1.82, 2.24) is 5.32 Å². The van der Waals surface area contributed by atoms with Gasteiger partial charge in [-0.25, -0.2) is 0 Å². The number of hydrogen-bond acceptors (Lipinski definition) is 2. The second kappa shape index (κ2) is 10.1. The van der Waals surface area contributed by atoms with Gasteiger partial charge in [-0.05, 0) is 44.8 Å². The van der Waals surface area contributed by atoms with E-state index in [2.05, 4.69) is 5.32 Å². The molecule has 0 aromatic carbocycles. The Hall–Kier alpha value is -0.0800. The van der Waals surface area contributed by atoms with Crippen molar-refractivity contribution in [3.05, 3.63) is 0 Å². The lowest BCUT2D eigenvalue weighted by molar-refractivity contribution is 0.342. The molecule has 1 aliphatic heterocycles. The van der Waals surface area contributed by atoms with Crippen LogP contribution in [-0.4, -0.2) is 19.6 Å². The molecule has 96 valence electrons. The van der Waals surface area contributed by atoms with Crippen molar-refractivity contribution in [3.63, 3.8) is 0 Å². The van der Waals surface area contributed by atoms with Crippen molar-refractivity contribution in [1.29, 1.82) is 0 Å². The molecule has 0 bridgehead atoms. The van der Waals surface area contributed by atoms with Crippen LogP contribution in [0, 0.1) is 5.92 Å². The van der Waals surface area contributed by atoms with Crippen molar-refractivity contribution in [2.24, 2.45) is 11.7 Å². The highest BCUT2D eigenvalue weighted by atomic mass is 14.9. The SMILES string of the molecule is NCCCCCCCCCC1CCNCC1. The van der Waals surface area contributed by atoms with E-state index in [1.54, 1.807) is 0 Å². The van der Waals surface area contributed by atoms with Gasteiger partial charge in [0.2, 0.25) is 0 Å². The normalized spacial score (nSPS) is 17.8. The number of unbranched alkanes of at least 4 members (excludes halogenated alkanes) is 6. The van der Waals surface area contributed by atoms with E-state index in [0.717, 1.165) is 12.5 Å². The molecule has 1 aliphatic rings. The molecule has 16 heavy (non-hydrogen) atoms. The van der Waals surface area contributed by atoms with Crippen LogP contribution in [0.2, 0.25) is 0 Å². The highest BCUT2D eigenvalue weighted by Crippen LogP contribution is 2.19. The highest BCUT2D eigenvalue weighted by molar-refractivity contribution is 4.68. The Morgan fingerprint density at radius 1 is 0.812 bits per heavy atom. The summed E-state index contributed by atoms with van der Waals surface area (Å²) in [6.07, 6.45) is 14.0. The third kappa shape index (κ3) is 7.24. The molecule has 0 radical (unpaired) electrons. The van der Waals surface area contributed by atoms with Gasteiger partial charge in [-0.2, -0.15) is 0 Å². The zero-order chi connectivity index (χ0) is 11.5. The van der Waals surface area contributed by atoms with Gasteiger partial charge in [0.25, 0.3) is 0 Å². The summed E-state index contributed by atoms with van der Waals surface area (Å²) in [6.45, 7) is 3.38. The molecule has 0 aromatic rings. The first-order chi connectivity index (χ1) is 7.93. The summed E-state index contributed by atoms with van der Waals surface area (Å²) in [7, 11) is 0. The smallest absolute Gasteiger partial charge is 0.00463 e. The minimum absolute atomic E-state index is 0.871. The first-order valence-electron chi connectivity index (χ1n) is 7.34. The summed E-state index contributed by atoms with van der Waals surface area (Å²) in [5.74, 6) is 1.03. The standard InChI is InChI=1S/C14H30N2/c15-11-7-5-3-1-2-4-6-8-14-9-12-16-13-10-14/h14,16H,1-13,15H2. The van der Waals surface area contributed by atoms with Crippen LogP contribution in [0.1, 0.15) is 64.2 Å². The Labute approximate surface area is 101 Å². The van der Waals surface area contributed by atoms with Crippen molar-refractivity contribution >= 4 is 0 Å². The lowest BCUT2D eigenvalue weighted by atomic mass is 9.92. The first-order valence-corrected chi connectivity index (χ1v) is 7.34.